The molecule has 1 heterocycles. The summed E-state index contributed by atoms with van der Waals surface area (Å²) in [7, 11) is -3.55. The van der Waals surface area contributed by atoms with Gasteiger partial charge in [0.05, 0.1) is 5.56 Å². The Bertz CT molecular complexity index is 455. The van der Waals surface area contributed by atoms with Gasteiger partial charge in [0.1, 0.15) is 4.90 Å². The Balaban J connectivity index is 0.000000845. The van der Waals surface area contributed by atoms with E-state index in [0.717, 1.165) is 0 Å². The van der Waals surface area contributed by atoms with E-state index in [1.807, 2.05) is 4.72 Å². The summed E-state index contributed by atoms with van der Waals surface area (Å²) in [5.41, 5.74) is 0.220. The van der Waals surface area contributed by atoms with E-state index in [0.29, 0.717) is 0 Å². The van der Waals surface area contributed by atoms with Crippen LogP contribution in [0.15, 0.2) is 29.2 Å². The van der Waals surface area contributed by atoms with Gasteiger partial charge in [0.2, 0.25) is 0 Å². The van der Waals surface area contributed by atoms with Crippen molar-refractivity contribution >= 4 is 42.1 Å². The Morgan fingerprint density at radius 2 is 1.77 bits per heavy atom. The summed E-state index contributed by atoms with van der Waals surface area (Å²) in [6, 6.07) is 6.09. The Morgan fingerprint density at radius 3 is 2.38 bits per heavy atom. The van der Waals surface area contributed by atoms with Crippen molar-refractivity contribution in [3.8, 4) is 0 Å². The summed E-state index contributed by atoms with van der Waals surface area (Å²) in [5, 5.41) is 0. The smallest absolute Gasteiger partial charge is 0.266 e. The van der Waals surface area contributed by atoms with Crippen LogP contribution in [0.5, 0.6) is 0 Å². The quantitative estimate of drug-likeness (QED) is 0.619. The van der Waals surface area contributed by atoms with Gasteiger partial charge in [-0.25, -0.2) is 13.1 Å². The average molecular weight is 392 g/mol. The summed E-state index contributed by atoms with van der Waals surface area (Å²) in [6.07, 6.45) is 0. The number of sulfonamides is 1. The molecule has 0 spiro atoms. The molecule has 4 nitrogen and oxygen atoms in total. The van der Waals surface area contributed by atoms with Gasteiger partial charge in [-0.3, -0.25) is 4.79 Å². The van der Waals surface area contributed by atoms with E-state index in [9.17, 15) is 13.2 Å². The molecule has 0 saturated carbocycles. The molecule has 1 aromatic carbocycles. The molecule has 1 aliphatic rings. The zero-order valence-corrected chi connectivity index (χ0v) is 10.7. The minimum Gasteiger partial charge on any atom is -0.268 e. The third-order valence-electron chi connectivity index (χ3n) is 1.65. The summed E-state index contributed by atoms with van der Waals surface area (Å²) in [6.45, 7) is 0. The van der Waals surface area contributed by atoms with Crippen LogP contribution in [-0.2, 0) is 10.0 Å². The molecule has 0 unspecified atom stereocenters. The maximum atomic E-state index is 11.1. The summed E-state index contributed by atoms with van der Waals surface area (Å²) in [5.74, 6) is -0.550. The van der Waals surface area contributed by atoms with Crippen LogP contribution in [0.25, 0.3) is 0 Å². The number of carbonyl (C=O) groups excluding carboxylic acids is 1. The second-order valence-corrected chi connectivity index (χ2v) is 4.08. The van der Waals surface area contributed by atoms with E-state index >= 15 is 0 Å². The van der Waals surface area contributed by atoms with Crippen LogP contribution >= 0.6 is 0 Å². The van der Waals surface area contributed by atoms with Crippen molar-refractivity contribution in [1.82, 2.24) is 4.72 Å². The van der Waals surface area contributed by atoms with Crippen molar-refractivity contribution in [3.63, 3.8) is 0 Å². The SMILES string of the molecule is O=C1NS(=O)(=O)c2ccccc21.[Bi]. The van der Waals surface area contributed by atoms with Gasteiger partial charge in [0.15, 0.2) is 0 Å². The van der Waals surface area contributed by atoms with E-state index in [1.165, 1.54) is 12.1 Å². The van der Waals surface area contributed by atoms with Crippen LogP contribution in [0.2, 0.25) is 0 Å². The zero-order chi connectivity index (χ0) is 8.77. The predicted octanol–water partition coefficient (Wildman–Crippen LogP) is -0.262. The minimum atomic E-state index is -3.55. The number of rotatable bonds is 0. The van der Waals surface area contributed by atoms with Gasteiger partial charge in [-0.15, -0.1) is 0 Å². The third-order valence-corrected chi connectivity index (χ3v) is 3.04. The first kappa shape index (κ1) is 10.6. The van der Waals surface area contributed by atoms with Crippen molar-refractivity contribution in [3.05, 3.63) is 29.8 Å². The van der Waals surface area contributed by atoms with Crippen LogP contribution < -0.4 is 4.72 Å². The molecule has 0 bridgehead atoms. The molecule has 2 rings (SSSR count). The zero-order valence-electron chi connectivity index (χ0n) is 6.39. The Morgan fingerprint density at radius 1 is 1.15 bits per heavy atom. The monoisotopic (exact) mass is 392 g/mol. The second kappa shape index (κ2) is 3.35. The largest absolute Gasteiger partial charge is 0.268 e. The Labute approximate surface area is 94.5 Å². The van der Waals surface area contributed by atoms with E-state index in [4.69, 9.17) is 0 Å². The van der Waals surface area contributed by atoms with Crippen LogP contribution in [0.1, 0.15) is 10.4 Å². The van der Waals surface area contributed by atoms with Crippen LogP contribution in [0.3, 0.4) is 0 Å². The number of carbonyl (C=O) groups is 1. The number of hydrogen-bond donors (Lipinski definition) is 1. The first-order valence-electron chi connectivity index (χ1n) is 3.27. The average Bonchev–Trinajstić information content (AvgIpc) is 2.25. The maximum absolute atomic E-state index is 11.1. The minimum absolute atomic E-state index is 0. The van der Waals surface area contributed by atoms with Gasteiger partial charge < -0.3 is 0 Å². The molecule has 1 aliphatic heterocycles. The van der Waals surface area contributed by atoms with Crippen molar-refractivity contribution in [2.45, 2.75) is 4.90 Å². The molecule has 0 atom stereocenters. The first-order chi connectivity index (χ1) is 5.61. The van der Waals surface area contributed by atoms with Crippen LogP contribution in [-0.4, -0.2) is 40.5 Å². The molecule has 67 valence electrons. The van der Waals surface area contributed by atoms with E-state index in [2.05, 4.69) is 0 Å². The van der Waals surface area contributed by atoms with Gasteiger partial charge in [-0.05, 0) is 12.1 Å². The molecule has 1 aromatic rings. The fourth-order valence-corrected chi connectivity index (χ4v) is 2.29. The molecule has 6 heteroatoms. The number of amides is 1. The molecule has 0 saturated heterocycles. The van der Waals surface area contributed by atoms with Crippen molar-refractivity contribution in [2.75, 3.05) is 0 Å². The fraction of sp³-hybridized carbons (Fsp3) is 0. The fourth-order valence-electron chi connectivity index (χ4n) is 1.12. The van der Waals surface area contributed by atoms with Gasteiger partial charge in [0, 0.05) is 26.2 Å². The maximum Gasteiger partial charge on any atom is 0.266 e. The molecule has 3 radical (unpaired) electrons. The van der Waals surface area contributed by atoms with Crippen molar-refractivity contribution in [2.24, 2.45) is 0 Å². The number of nitrogens with one attached hydrogen (secondary N) is 1. The second-order valence-electron chi connectivity index (χ2n) is 2.43. The van der Waals surface area contributed by atoms with Gasteiger partial charge in [-0.2, -0.15) is 0 Å². The first-order valence-corrected chi connectivity index (χ1v) is 4.76. The van der Waals surface area contributed by atoms with Crippen molar-refractivity contribution < 1.29 is 13.2 Å². The molecule has 0 aromatic heterocycles. The van der Waals surface area contributed by atoms with Crippen molar-refractivity contribution in [1.29, 1.82) is 0 Å². The van der Waals surface area contributed by atoms with E-state index < -0.39 is 15.9 Å². The number of fused-ring (bicyclic) bond motifs is 1. The van der Waals surface area contributed by atoms with Crippen LogP contribution in [0, 0.1) is 0 Å². The Kier molecular flexibility index (Phi) is 2.73. The predicted molar refractivity (Wildman–Crippen MR) is 46.8 cm³/mol. The third kappa shape index (κ3) is 1.60. The van der Waals surface area contributed by atoms with E-state index in [-0.39, 0.29) is 36.7 Å². The molecular formula is C7H5BiNO3S. The molecule has 0 fully saturated rings. The molecule has 0 aliphatic carbocycles. The molecule has 1 amide bonds. The number of hydrogen-bond acceptors (Lipinski definition) is 3. The van der Waals surface area contributed by atoms with Gasteiger partial charge in [0.25, 0.3) is 15.9 Å². The topological polar surface area (TPSA) is 63.2 Å². The summed E-state index contributed by atoms with van der Waals surface area (Å²) < 4.78 is 24.2. The Hall–Kier alpha value is -0.477. The van der Waals surface area contributed by atoms with Gasteiger partial charge >= 0.3 is 0 Å². The molecule has 13 heavy (non-hydrogen) atoms. The standard InChI is InChI=1S/C7H5NO3S.Bi/c9-7-5-3-1-2-4-6(5)12(10,11)8-7;/h1-4H,(H,8,9);. The summed E-state index contributed by atoms with van der Waals surface area (Å²) >= 11 is 0. The molecule has 1 N–H and O–H groups in total. The normalized spacial score (nSPS) is 17.1. The van der Waals surface area contributed by atoms with E-state index in [1.54, 1.807) is 12.1 Å². The molecular weight excluding hydrogens is 387 g/mol. The van der Waals surface area contributed by atoms with Crippen LogP contribution in [0.4, 0.5) is 0 Å². The number of benzene rings is 1. The summed E-state index contributed by atoms with van der Waals surface area (Å²) in [4.78, 5) is 11.1. The van der Waals surface area contributed by atoms with Gasteiger partial charge in [-0.1, -0.05) is 12.1 Å².